The second-order valence-electron chi connectivity index (χ2n) is 5.77. The summed E-state index contributed by atoms with van der Waals surface area (Å²) >= 11 is 6.02. The maximum atomic E-state index is 14.9. The van der Waals surface area contributed by atoms with Crippen LogP contribution in [0.15, 0.2) is 53.9 Å². The second-order valence-corrected chi connectivity index (χ2v) is 6.18. The number of amides is 1. The third kappa shape index (κ3) is 5.04. The molecular weight excluding hydrogens is 434 g/mol. The van der Waals surface area contributed by atoms with Crippen molar-refractivity contribution in [3.63, 3.8) is 0 Å². The van der Waals surface area contributed by atoms with Crippen molar-refractivity contribution in [1.29, 1.82) is 0 Å². The molecule has 3 aromatic rings. The lowest BCUT2D eigenvalue weighted by Gasteiger charge is -2.13. The predicted molar refractivity (Wildman–Crippen MR) is 108 cm³/mol. The molecule has 8 nitrogen and oxygen atoms in total. The Kier molecular flexibility index (Phi) is 6.93. The standard InChI is InChI=1S/C20H15ClF2N4O4/c1-24-18(28)17(27-29-2)12-8-7-11(22)9-15(12)31-20-16(23)19(25-10-26-20)30-14-6-4-3-5-13(14)21/h3-10H,1-2H3,(H,24,28). The molecule has 2 aromatic carbocycles. The Morgan fingerprint density at radius 1 is 1.06 bits per heavy atom. The van der Waals surface area contributed by atoms with E-state index in [4.69, 9.17) is 21.1 Å². The number of aromatic nitrogens is 2. The van der Waals surface area contributed by atoms with Crippen molar-refractivity contribution >= 4 is 23.2 Å². The van der Waals surface area contributed by atoms with E-state index in [9.17, 15) is 13.6 Å². The summed E-state index contributed by atoms with van der Waals surface area (Å²) in [7, 11) is 2.61. The van der Waals surface area contributed by atoms with Crippen LogP contribution in [0, 0.1) is 11.6 Å². The smallest absolute Gasteiger partial charge is 0.273 e. The molecule has 11 heteroatoms. The first-order chi connectivity index (χ1) is 14.9. The largest absolute Gasteiger partial charge is 0.435 e. The quantitative estimate of drug-likeness (QED) is 0.432. The van der Waals surface area contributed by atoms with Crippen LogP contribution >= 0.6 is 11.6 Å². The van der Waals surface area contributed by atoms with Gasteiger partial charge in [0.25, 0.3) is 17.7 Å². The molecule has 0 aliphatic carbocycles. The molecule has 0 radical (unpaired) electrons. The number of ether oxygens (including phenoxy) is 2. The van der Waals surface area contributed by atoms with Gasteiger partial charge in [-0.25, -0.2) is 4.39 Å². The first-order valence-corrected chi connectivity index (χ1v) is 9.06. The lowest BCUT2D eigenvalue weighted by atomic mass is 10.1. The molecular formula is C20H15ClF2N4O4. The van der Waals surface area contributed by atoms with Gasteiger partial charge in [-0.05, 0) is 24.3 Å². The number of para-hydroxylation sites is 1. The first kappa shape index (κ1) is 21.9. The molecule has 0 bridgehead atoms. The van der Waals surface area contributed by atoms with Gasteiger partial charge >= 0.3 is 0 Å². The highest BCUT2D eigenvalue weighted by Gasteiger charge is 2.22. The zero-order valence-electron chi connectivity index (χ0n) is 16.2. The van der Waals surface area contributed by atoms with Crippen molar-refractivity contribution in [3.05, 3.63) is 71.0 Å². The number of benzene rings is 2. The Hall–Kier alpha value is -3.79. The molecule has 0 atom stereocenters. The van der Waals surface area contributed by atoms with Crippen molar-refractivity contribution in [1.82, 2.24) is 15.3 Å². The molecule has 0 aliphatic heterocycles. The van der Waals surface area contributed by atoms with Crippen LogP contribution in [0.1, 0.15) is 5.56 Å². The van der Waals surface area contributed by atoms with E-state index in [0.717, 1.165) is 18.5 Å². The average molecular weight is 449 g/mol. The Labute approximate surface area is 180 Å². The summed E-state index contributed by atoms with van der Waals surface area (Å²) in [6.45, 7) is 0. The van der Waals surface area contributed by atoms with Crippen molar-refractivity contribution in [2.24, 2.45) is 5.16 Å². The number of nitrogens with one attached hydrogen (secondary N) is 1. The highest BCUT2D eigenvalue weighted by atomic mass is 35.5. The highest BCUT2D eigenvalue weighted by molar-refractivity contribution is 6.45. The SMILES string of the molecule is CNC(=O)C(=NOC)c1ccc(F)cc1Oc1ncnc(Oc2ccccc2Cl)c1F. The lowest BCUT2D eigenvalue weighted by Crippen LogP contribution is -2.29. The molecule has 0 fully saturated rings. The van der Waals surface area contributed by atoms with Gasteiger partial charge in [0, 0.05) is 13.1 Å². The second kappa shape index (κ2) is 9.81. The zero-order chi connectivity index (χ0) is 22.4. The Morgan fingerprint density at radius 2 is 1.74 bits per heavy atom. The fourth-order valence-corrected chi connectivity index (χ4v) is 2.59. The molecule has 1 heterocycles. The minimum atomic E-state index is -1.07. The van der Waals surface area contributed by atoms with Gasteiger partial charge in [0.1, 0.15) is 30.8 Å². The number of likely N-dealkylation sites (N-methyl/N-ethyl adjacent to an activating group) is 1. The third-order valence-electron chi connectivity index (χ3n) is 3.80. The number of carbonyl (C=O) groups excluding carboxylic acids is 1. The van der Waals surface area contributed by atoms with Crippen LogP contribution in [0.4, 0.5) is 8.78 Å². The fraction of sp³-hybridized carbons (Fsp3) is 0.100. The van der Waals surface area contributed by atoms with Gasteiger partial charge < -0.3 is 19.6 Å². The molecule has 0 saturated heterocycles. The Bertz CT molecular complexity index is 1140. The van der Waals surface area contributed by atoms with Gasteiger partial charge in [-0.3, -0.25) is 4.79 Å². The van der Waals surface area contributed by atoms with Gasteiger partial charge in [0.2, 0.25) is 5.82 Å². The molecule has 0 saturated carbocycles. The maximum Gasteiger partial charge on any atom is 0.273 e. The summed E-state index contributed by atoms with van der Waals surface area (Å²) in [6.07, 6.45) is 0.993. The third-order valence-corrected chi connectivity index (χ3v) is 4.11. The monoisotopic (exact) mass is 448 g/mol. The molecule has 3 rings (SSSR count). The summed E-state index contributed by atoms with van der Waals surface area (Å²) in [6, 6.07) is 9.66. The van der Waals surface area contributed by atoms with Crippen LogP contribution in [0.5, 0.6) is 23.3 Å². The number of rotatable bonds is 7. The summed E-state index contributed by atoms with van der Waals surface area (Å²) in [5.74, 6) is -3.51. The fourth-order valence-electron chi connectivity index (χ4n) is 2.42. The number of hydrogen-bond acceptors (Lipinski definition) is 7. The first-order valence-electron chi connectivity index (χ1n) is 8.68. The molecule has 0 aliphatic rings. The van der Waals surface area contributed by atoms with E-state index in [1.165, 1.54) is 26.3 Å². The number of nitrogens with zero attached hydrogens (tertiary/aromatic N) is 3. The topological polar surface area (TPSA) is 94.9 Å². The van der Waals surface area contributed by atoms with E-state index < -0.39 is 29.3 Å². The van der Waals surface area contributed by atoms with E-state index >= 15 is 0 Å². The van der Waals surface area contributed by atoms with Gasteiger partial charge in [-0.15, -0.1) is 0 Å². The summed E-state index contributed by atoms with van der Waals surface area (Å²) in [5.41, 5.74) is -0.184. The maximum absolute atomic E-state index is 14.9. The van der Waals surface area contributed by atoms with Crippen molar-refractivity contribution in [2.75, 3.05) is 14.2 Å². The van der Waals surface area contributed by atoms with Gasteiger partial charge in [-0.2, -0.15) is 14.4 Å². The molecule has 160 valence electrons. The minimum absolute atomic E-state index is 0.0363. The van der Waals surface area contributed by atoms with Crippen LogP contribution in [-0.4, -0.2) is 35.7 Å². The Balaban J connectivity index is 2.00. The van der Waals surface area contributed by atoms with Gasteiger partial charge in [0.15, 0.2) is 5.71 Å². The summed E-state index contributed by atoms with van der Waals surface area (Å²) in [5, 5.41) is 6.25. The summed E-state index contributed by atoms with van der Waals surface area (Å²) < 4.78 is 39.7. The van der Waals surface area contributed by atoms with Crippen LogP contribution < -0.4 is 14.8 Å². The normalized spacial score (nSPS) is 11.1. The van der Waals surface area contributed by atoms with E-state index in [1.54, 1.807) is 18.2 Å². The Morgan fingerprint density at radius 3 is 2.39 bits per heavy atom. The highest BCUT2D eigenvalue weighted by Crippen LogP contribution is 2.33. The molecule has 0 spiro atoms. The minimum Gasteiger partial charge on any atom is -0.435 e. The van der Waals surface area contributed by atoms with Crippen LogP contribution in [0.3, 0.4) is 0 Å². The molecule has 1 N–H and O–H groups in total. The van der Waals surface area contributed by atoms with Crippen molar-refractivity contribution in [3.8, 4) is 23.3 Å². The van der Waals surface area contributed by atoms with Crippen LogP contribution in [0.2, 0.25) is 5.02 Å². The number of oxime groups is 1. The number of hydrogen-bond donors (Lipinski definition) is 1. The van der Waals surface area contributed by atoms with Crippen molar-refractivity contribution < 1.29 is 27.9 Å². The molecule has 1 aromatic heterocycles. The van der Waals surface area contributed by atoms with Gasteiger partial charge in [0.05, 0.1) is 10.6 Å². The number of halogens is 3. The molecule has 31 heavy (non-hydrogen) atoms. The van der Waals surface area contributed by atoms with Crippen molar-refractivity contribution in [2.45, 2.75) is 0 Å². The predicted octanol–water partition coefficient (Wildman–Crippen LogP) is 4.09. The average Bonchev–Trinajstić information content (AvgIpc) is 2.76. The van der Waals surface area contributed by atoms with Crippen LogP contribution in [0.25, 0.3) is 0 Å². The van der Waals surface area contributed by atoms with E-state index in [-0.39, 0.29) is 27.8 Å². The van der Waals surface area contributed by atoms with Gasteiger partial charge in [-0.1, -0.05) is 28.9 Å². The lowest BCUT2D eigenvalue weighted by molar-refractivity contribution is -0.114. The number of carbonyl (C=O) groups is 1. The van der Waals surface area contributed by atoms with E-state index in [1.807, 2.05) is 0 Å². The molecule has 0 unspecified atom stereocenters. The van der Waals surface area contributed by atoms with E-state index in [2.05, 4.69) is 25.3 Å². The summed E-state index contributed by atoms with van der Waals surface area (Å²) in [4.78, 5) is 24.3. The van der Waals surface area contributed by atoms with Crippen LogP contribution in [-0.2, 0) is 9.63 Å². The van der Waals surface area contributed by atoms with E-state index in [0.29, 0.717) is 0 Å². The zero-order valence-corrected chi connectivity index (χ0v) is 17.0. The molecule has 1 amide bonds.